The fourth-order valence-corrected chi connectivity index (χ4v) is 1.76. The zero-order valence-corrected chi connectivity index (χ0v) is 9.14. The van der Waals surface area contributed by atoms with Crippen molar-refractivity contribution in [3.63, 3.8) is 0 Å². The van der Waals surface area contributed by atoms with Gasteiger partial charge in [0.05, 0.1) is 5.92 Å². The SMILES string of the molecule is C=C(C)C(=O)OC1CCC(C(F)(F)F)CC1. The molecule has 0 saturated heterocycles. The van der Waals surface area contributed by atoms with Crippen LogP contribution >= 0.6 is 0 Å². The van der Waals surface area contributed by atoms with Crippen LogP contribution in [-0.2, 0) is 9.53 Å². The summed E-state index contributed by atoms with van der Waals surface area (Å²) in [6.07, 6.45) is -3.87. The van der Waals surface area contributed by atoms with Crippen molar-refractivity contribution >= 4 is 5.97 Å². The number of ether oxygens (including phenoxy) is 1. The van der Waals surface area contributed by atoms with Crippen LogP contribution in [0, 0.1) is 5.92 Å². The molecule has 0 bridgehead atoms. The van der Waals surface area contributed by atoms with Crippen LogP contribution in [0.25, 0.3) is 0 Å². The highest BCUT2D eigenvalue weighted by Gasteiger charge is 2.41. The lowest BCUT2D eigenvalue weighted by Crippen LogP contribution is -2.31. The summed E-state index contributed by atoms with van der Waals surface area (Å²) in [4.78, 5) is 11.1. The Morgan fingerprint density at radius 1 is 1.25 bits per heavy atom. The van der Waals surface area contributed by atoms with Crippen LogP contribution in [0.1, 0.15) is 32.6 Å². The maximum Gasteiger partial charge on any atom is 0.391 e. The molecule has 0 aromatic carbocycles. The molecule has 0 aliphatic heterocycles. The molecule has 2 nitrogen and oxygen atoms in total. The summed E-state index contributed by atoms with van der Waals surface area (Å²) in [6.45, 7) is 4.94. The van der Waals surface area contributed by atoms with Crippen LogP contribution in [0.15, 0.2) is 12.2 Å². The highest BCUT2D eigenvalue weighted by Crippen LogP contribution is 2.38. The molecule has 1 saturated carbocycles. The molecule has 5 heteroatoms. The summed E-state index contributed by atoms with van der Waals surface area (Å²) in [5, 5.41) is 0. The summed E-state index contributed by atoms with van der Waals surface area (Å²) in [6, 6.07) is 0. The average Bonchev–Trinajstić information content (AvgIpc) is 2.17. The molecular formula is C11H15F3O2. The first-order chi connectivity index (χ1) is 7.30. The van der Waals surface area contributed by atoms with Gasteiger partial charge >= 0.3 is 12.1 Å². The van der Waals surface area contributed by atoms with Crippen LogP contribution in [0.3, 0.4) is 0 Å². The van der Waals surface area contributed by atoms with Gasteiger partial charge in [0.15, 0.2) is 0 Å². The standard InChI is InChI=1S/C11H15F3O2/c1-7(2)10(15)16-9-5-3-8(4-6-9)11(12,13)14/h8-9H,1,3-6H2,2H3. The van der Waals surface area contributed by atoms with Gasteiger partial charge < -0.3 is 4.74 Å². The molecule has 0 amide bonds. The molecule has 1 rings (SSSR count). The Balaban J connectivity index is 2.38. The van der Waals surface area contributed by atoms with Crippen molar-refractivity contribution < 1.29 is 22.7 Å². The number of hydrogen-bond acceptors (Lipinski definition) is 2. The Morgan fingerprint density at radius 3 is 2.12 bits per heavy atom. The van der Waals surface area contributed by atoms with E-state index in [0.29, 0.717) is 0 Å². The molecule has 0 atom stereocenters. The first-order valence-electron chi connectivity index (χ1n) is 5.24. The van der Waals surface area contributed by atoms with Crippen LogP contribution in [0.4, 0.5) is 13.2 Å². The smallest absolute Gasteiger partial charge is 0.391 e. The van der Waals surface area contributed by atoms with Gasteiger partial charge in [0.25, 0.3) is 0 Å². The quantitative estimate of drug-likeness (QED) is 0.543. The number of hydrogen-bond donors (Lipinski definition) is 0. The lowest BCUT2D eigenvalue weighted by atomic mass is 9.87. The highest BCUT2D eigenvalue weighted by molar-refractivity contribution is 5.87. The van der Waals surface area contributed by atoms with Gasteiger partial charge in [-0.1, -0.05) is 6.58 Å². The predicted octanol–water partition coefficient (Wildman–Crippen LogP) is 3.23. The summed E-state index contributed by atoms with van der Waals surface area (Å²) in [5.41, 5.74) is 0.276. The summed E-state index contributed by atoms with van der Waals surface area (Å²) in [7, 11) is 0. The maximum atomic E-state index is 12.3. The number of alkyl halides is 3. The third kappa shape index (κ3) is 3.54. The fraction of sp³-hybridized carbons (Fsp3) is 0.727. The zero-order valence-electron chi connectivity index (χ0n) is 9.14. The highest BCUT2D eigenvalue weighted by atomic mass is 19.4. The van der Waals surface area contributed by atoms with E-state index in [1.807, 2.05) is 0 Å². The molecule has 0 aromatic heterocycles. The van der Waals surface area contributed by atoms with Gasteiger partial charge in [-0.3, -0.25) is 0 Å². The number of carbonyl (C=O) groups excluding carboxylic acids is 1. The van der Waals surface area contributed by atoms with Crippen LogP contribution in [-0.4, -0.2) is 18.2 Å². The molecule has 0 radical (unpaired) electrons. The predicted molar refractivity (Wildman–Crippen MR) is 52.7 cm³/mol. The molecule has 0 aromatic rings. The molecule has 1 aliphatic carbocycles. The van der Waals surface area contributed by atoms with Gasteiger partial charge in [-0.2, -0.15) is 13.2 Å². The van der Waals surface area contributed by atoms with E-state index in [0.717, 1.165) is 0 Å². The van der Waals surface area contributed by atoms with Gasteiger partial charge in [-0.25, -0.2) is 4.79 Å². The number of esters is 1. The summed E-state index contributed by atoms with van der Waals surface area (Å²) < 4.78 is 42.0. The molecule has 1 fully saturated rings. The van der Waals surface area contributed by atoms with E-state index in [1.54, 1.807) is 0 Å². The van der Waals surface area contributed by atoms with Crippen molar-refractivity contribution in [1.29, 1.82) is 0 Å². The largest absolute Gasteiger partial charge is 0.459 e. The molecular weight excluding hydrogens is 221 g/mol. The molecule has 0 N–H and O–H groups in total. The van der Waals surface area contributed by atoms with Gasteiger partial charge in [-0.05, 0) is 32.6 Å². The van der Waals surface area contributed by atoms with E-state index < -0.39 is 18.1 Å². The minimum atomic E-state index is -4.12. The Morgan fingerprint density at radius 2 is 1.75 bits per heavy atom. The van der Waals surface area contributed by atoms with Crippen molar-refractivity contribution in [2.45, 2.75) is 44.9 Å². The van der Waals surface area contributed by atoms with Crippen LogP contribution in [0.2, 0.25) is 0 Å². The lowest BCUT2D eigenvalue weighted by molar-refractivity contribution is -0.188. The van der Waals surface area contributed by atoms with Crippen molar-refractivity contribution in [1.82, 2.24) is 0 Å². The van der Waals surface area contributed by atoms with Crippen molar-refractivity contribution in [2.24, 2.45) is 5.92 Å². The van der Waals surface area contributed by atoms with E-state index in [9.17, 15) is 18.0 Å². The van der Waals surface area contributed by atoms with E-state index in [1.165, 1.54) is 6.92 Å². The molecule has 92 valence electrons. The van der Waals surface area contributed by atoms with Gasteiger partial charge in [-0.15, -0.1) is 0 Å². The third-order valence-electron chi connectivity index (χ3n) is 2.76. The van der Waals surface area contributed by atoms with E-state index in [-0.39, 0.29) is 37.4 Å². The van der Waals surface area contributed by atoms with Crippen molar-refractivity contribution in [3.8, 4) is 0 Å². The van der Waals surface area contributed by atoms with Crippen molar-refractivity contribution in [2.75, 3.05) is 0 Å². The van der Waals surface area contributed by atoms with Crippen molar-refractivity contribution in [3.05, 3.63) is 12.2 Å². The first kappa shape index (κ1) is 13.1. The minimum Gasteiger partial charge on any atom is -0.459 e. The monoisotopic (exact) mass is 236 g/mol. The Bertz CT molecular complexity index is 275. The Kier molecular flexibility index (Phi) is 3.99. The maximum absolute atomic E-state index is 12.3. The molecule has 0 heterocycles. The third-order valence-corrected chi connectivity index (χ3v) is 2.76. The lowest BCUT2D eigenvalue weighted by Gasteiger charge is -2.29. The Labute approximate surface area is 92.5 Å². The number of rotatable bonds is 2. The Hall–Kier alpha value is -1.00. The molecule has 0 unspecified atom stereocenters. The number of halogens is 3. The summed E-state index contributed by atoms with van der Waals surface area (Å²) in [5.74, 6) is -1.76. The molecule has 1 aliphatic rings. The zero-order chi connectivity index (χ0) is 12.3. The fourth-order valence-electron chi connectivity index (χ4n) is 1.76. The minimum absolute atomic E-state index is 0.0393. The van der Waals surface area contributed by atoms with Gasteiger partial charge in [0, 0.05) is 5.57 Å². The van der Waals surface area contributed by atoms with E-state index >= 15 is 0 Å². The average molecular weight is 236 g/mol. The second kappa shape index (κ2) is 4.89. The van der Waals surface area contributed by atoms with Crippen LogP contribution in [0.5, 0.6) is 0 Å². The van der Waals surface area contributed by atoms with Crippen LogP contribution < -0.4 is 0 Å². The second-order valence-corrected chi connectivity index (χ2v) is 4.20. The number of carbonyl (C=O) groups is 1. The van der Waals surface area contributed by atoms with Gasteiger partial charge in [0.1, 0.15) is 6.10 Å². The van der Waals surface area contributed by atoms with Gasteiger partial charge in [0.2, 0.25) is 0 Å². The second-order valence-electron chi connectivity index (χ2n) is 4.20. The first-order valence-corrected chi connectivity index (χ1v) is 5.24. The van der Waals surface area contributed by atoms with E-state index in [2.05, 4.69) is 6.58 Å². The van der Waals surface area contributed by atoms with E-state index in [4.69, 9.17) is 4.74 Å². The normalized spacial score (nSPS) is 26.2. The molecule has 16 heavy (non-hydrogen) atoms. The topological polar surface area (TPSA) is 26.3 Å². The molecule has 0 spiro atoms. The summed E-state index contributed by atoms with van der Waals surface area (Å²) >= 11 is 0.